The second-order valence-corrected chi connectivity index (χ2v) is 5.03. The lowest BCUT2D eigenvalue weighted by atomic mass is 10.1. The Morgan fingerprint density at radius 1 is 1.24 bits per heavy atom. The summed E-state index contributed by atoms with van der Waals surface area (Å²) < 4.78 is 0. The maximum absolute atomic E-state index is 9.01. The highest BCUT2D eigenvalue weighted by atomic mass is 35.5. The molecule has 0 bridgehead atoms. The molecule has 0 spiro atoms. The number of halogens is 2. The van der Waals surface area contributed by atoms with Gasteiger partial charge in [0.25, 0.3) is 0 Å². The van der Waals surface area contributed by atoms with Gasteiger partial charge < -0.3 is 15.9 Å². The third-order valence-electron chi connectivity index (χ3n) is 2.75. The van der Waals surface area contributed by atoms with E-state index >= 15 is 0 Å². The highest BCUT2D eigenvalue weighted by molar-refractivity contribution is 6.43. The van der Waals surface area contributed by atoms with E-state index in [4.69, 9.17) is 39.1 Å². The first kappa shape index (κ1) is 15.7. The number of aliphatic hydroxyl groups excluding tert-OH is 2. The Balaban J connectivity index is 2.33. The number of nitrogens with one attached hydrogen (secondary N) is 2. The van der Waals surface area contributed by atoms with Crippen molar-refractivity contribution in [2.75, 3.05) is 24.3 Å². The van der Waals surface area contributed by atoms with Gasteiger partial charge in [-0.15, -0.1) is 0 Å². The van der Waals surface area contributed by atoms with Crippen molar-refractivity contribution in [3.8, 4) is 11.3 Å². The number of benzene rings is 1. The number of nitrogens with two attached hydrogens (primary N) is 1. The number of anilines is 2. The van der Waals surface area contributed by atoms with Gasteiger partial charge in [0.1, 0.15) is 6.04 Å². The van der Waals surface area contributed by atoms with Crippen molar-refractivity contribution in [3.05, 3.63) is 28.2 Å². The third-order valence-corrected chi connectivity index (χ3v) is 3.57. The van der Waals surface area contributed by atoms with Gasteiger partial charge in [0.05, 0.1) is 23.3 Å². The molecule has 2 rings (SSSR count). The van der Waals surface area contributed by atoms with Gasteiger partial charge in [-0.2, -0.15) is 0 Å². The molecule has 0 aliphatic rings. The van der Waals surface area contributed by atoms with Gasteiger partial charge in [0, 0.05) is 10.7 Å². The van der Waals surface area contributed by atoms with E-state index in [0.29, 0.717) is 21.3 Å². The molecule has 0 fully saturated rings. The highest BCUT2D eigenvalue weighted by Crippen LogP contribution is 2.33. The molecule has 0 saturated heterocycles. The summed E-state index contributed by atoms with van der Waals surface area (Å²) in [4.78, 5) is 2.79. The second kappa shape index (κ2) is 6.86. The van der Waals surface area contributed by atoms with Crippen LogP contribution >= 0.6 is 23.2 Å². The van der Waals surface area contributed by atoms with E-state index in [1.54, 1.807) is 18.2 Å². The monoisotopic (exact) mass is 330 g/mol. The van der Waals surface area contributed by atoms with Gasteiger partial charge >= 0.3 is 5.95 Å². The van der Waals surface area contributed by atoms with Gasteiger partial charge in [-0.3, -0.25) is 5.32 Å². The minimum atomic E-state index is -0.560. The molecule has 7 nitrogen and oxygen atoms in total. The van der Waals surface area contributed by atoms with E-state index in [2.05, 4.69) is 20.5 Å². The third kappa shape index (κ3) is 3.51. The molecular weight excluding hydrogens is 317 g/mol. The molecule has 1 aromatic carbocycles. The number of aromatic nitrogens is 3. The van der Waals surface area contributed by atoms with Crippen LogP contribution in [0.3, 0.4) is 0 Å². The zero-order valence-electron chi connectivity index (χ0n) is 10.8. The SMILES string of the molecule is Nc1[nH+]c(NC(CO)CO)nnc1-c1cccc(Cl)c1Cl. The summed E-state index contributed by atoms with van der Waals surface area (Å²) in [7, 11) is 0. The molecule has 112 valence electrons. The first-order valence-electron chi connectivity index (χ1n) is 6.05. The summed E-state index contributed by atoms with van der Waals surface area (Å²) in [5.41, 5.74) is 6.82. The Bertz CT molecular complexity index is 637. The largest absolute Gasteiger partial charge is 0.393 e. The van der Waals surface area contributed by atoms with Gasteiger partial charge in [-0.1, -0.05) is 40.4 Å². The van der Waals surface area contributed by atoms with Crippen LogP contribution in [0.5, 0.6) is 0 Å². The molecule has 9 heteroatoms. The summed E-state index contributed by atoms with van der Waals surface area (Å²) in [5, 5.41) is 29.4. The number of nitrogens with zero attached hydrogens (tertiary/aromatic N) is 2. The van der Waals surface area contributed by atoms with Crippen molar-refractivity contribution >= 4 is 35.0 Å². The smallest absolute Gasteiger partial charge is 0.367 e. The molecule has 0 aliphatic heterocycles. The van der Waals surface area contributed by atoms with E-state index in [1.165, 1.54) is 0 Å². The van der Waals surface area contributed by atoms with Crippen LogP contribution in [-0.4, -0.2) is 39.7 Å². The summed E-state index contributed by atoms with van der Waals surface area (Å²) in [6.07, 6.45) is 0. The Kier molecular flexibility index (Phi) is 5.13. The fourth-order valence-electron chi connectivity index (χ4n) is 1.66. The molecule has 0 radical (unpaired) electrons. The predicted octanol–water partition coefficient (Wildman–Crippen LogP) is 0.612. The average Bonchev–Trinajstić information content (AvgIpc) is 2.48. The van der Waals surface area contributed by atoms with Crippen molar-refractivity contribution in [1.29, 1.82) is 0 Å². The van der Waals surface area contributed by atoms with E-state index in [1.807, 2.05) is 0 Å². The van der Waals surface area contributed by atoms with Crippen molar-refractivity contribution in [3.63, 3.8) is 0 Å². The Hall–Kier alpha value is -1.67. The second-order valence-electron chi connectivity index (χ2n) is 4.24. The maximum atomic E-state index is 9.01. The molecule has 21 heavy (non-hydrogen) atoms. The summed E-state index contributed by atoms with van der Waals surface area (Å²) in [6, 6.07) is 4.55. The zero-order valence-corrected chi connectivity index (χ0v) is 12.4. The molecule has 0 atom stereocenters. The lowest BCUT2D eigenvalue weighted by Gasteiger charge is -2.09. The van der Waals surface area contributed by atoms with Crippen LogP contribution < -0.4 is 16.0 Å². The minimum Gasteiger partial charge on any atom is -0.393 e. The number of rotatable bonds is 5. The number of H-pyrrole nitrogens is 1. The molecule has 0 saturated carbocycles. The first-order valence-corrected chi connectivity index (χ1v) is 6.80. The van der Waals surface area contributed by atoms with Crippen molar-refractivity contribution in [2.45, 2.75) is 6.04 Å². The van der Waals surface area contributed by atoms with Gasteiger partial charge in [-0.05, 0) is 6.07 Å². The Morgan fingerprint density at radius 3 is 2.57 bits per heavy atom. The van der Waals surface area contributed by atoms with E-state index in [9.17, 15) is 0 Å². The van der Waals surface area contributed by atoms with E-state index in [0.717, 1.165) is 0 Å². The van der Waals surface area contributed by atoms with Crippen LogP contribution in [-0.2, 0) is 0 Å². The Labute approximate surface area is 130 Å². The van der Waals surface area contributed by atoms with Gasteiger partial charge in [0.2, 0.25) is 5.82 Å². The van der Waals surface area contributed by atoms with Gasteiger partial charge in [-0.25, -0.2) is 4.98 Å². The quantitative estimate of drug-likeness (QED) is 0.638. The van der Waals surface area contributed by atoms with E-state index in [-0.39, 0.29) is 25.0 Å². The number of hydrogen-bond donors (Lipinski definition) is 4. The standard InChI is InChI=1S/C12H13Cl2N5O2/c13-8-3-1-2-7(9(8)14)10-11(15)17-12(19-18-10)16-6(4-20)5-21/h1-3,6,20-21H,4-5H2,(H3,15,16,17,19)/p+1. The molecule has 1 aromatic heterocycles. The summed E-state index contributed by atoms with van der Waals surface area (Å²) in [6.45, 7) is -0.512. The molecule has 6 N–H and O–H groups in total. The molecule has 0 aliphatic carbocycles. The fourth-order valence-corrected chi connectivity index (χ4v) is 2.05. The summed E-state index contributed by atoms with van der Waals surface area (Å²) >= 11 is 12.1. The minimum absolute atomic E-state index is 0.225. The zero-order chi connectivity index (χ0) is 15.4. The molecule has 0 unspecified atom stereocenters. The maximum Gasteiger partial charge on any atom is 0.367 e. The number of nitrogen functional groups attached to an aromatic ring is 1. The predicted molar refractivity (Wildman–Crippen MR) is 80.0 cm³/mol. The molecular formula is C12H14Cl2N5O2+. The number of aromatic amines is 1. The van der Waals surface area contributed by atoms with Crippen molar-refractivity contribution in [1.82, 2.24) is 10.2 Å². The summed E-state index contributed by atoms with van der Waals surface area (Å²) in [5.74, 6) is 0.453. The fraction of sp³-hybridized carbons (Fsp3) is 0.250. The van der Waals surface area contributed by atoms with Crippen LogP contribution in [0.25, 0.3) is 11.3 Å². The van der Waals surface area contributed by atoms with Crippen LogP contribution in [0.15, 0.2) is 18.2 Å². The normalized spacial score (nSPS) is 10.9. The topological polar surface area (TPSA) is 118 Å². The van der Waals surface area contributed by atoms with Crippen LogP contribution in [0, 0.1) is 0 Å². The van der Waals surface area contributed by atoms with Crippen LogP contribution in [0.2, 0.25) is 10.0 Å². The molecule has 0 amide bonds. The number of hydrogen-bond acceptors (Lipinski definition) is 6. The lowest BCUT2D eigenvalue weighted by molar-refractivity contribution is -0.348. The van der Waals surface area contributed by atoms with E-state index < -0.39 is 6.04 Å². The first-order chi connectivity index (χ1) is 10.1. The average molecular weight is 331 g/mol. The lowest BCUT2D eigenvalue weighted by Crippen LogP contribution is -2.32. The van der Waals surface area contributed by atoms with Crippen LogP contribution in [0.1, 0.15) is 0 Å². The highest BCUT2D eigenvalue weighted by Gasteiger charge is 2.18. The van der Waals surface area contributed by atoms with Crippen LogP contribution in [0.4, 0.5) is 11.8 Å². The van der Waals surface area contributed by atoms with Gasteiger partial charge in [0.15, 0.2) is 5.69 Å². The van der Waals surface area contributed by atoms with Crippen molar-refractivity contribution < 1.29 is 15.2 Å². The Morgan fingerprint density at radius 2 is 1.95 bits per heavy atom. The molecule has 1 heterocycles. The molecule has 2 aromatic rings. The van der Waals surface area contributed by atoms with Crippen molar-refractivity contribution in [2.24, 2.45) is 0 Å². The number of aliphatic hydroxyl groups is 2.